The molecule has 1 atom stereocenters. The second-order valence-corrected chi connectivity index (χ2v) is 8.40. The molecule has 2 nitrogen and oxygen atoms in total. The maximum Gasteiger partial charge on any atom is 0.0896 e. The van der Waals surface area contributed by atoms with Gasteiger partial charge in [0.15, 0.2) is 0 Å². The normalized spacial score (nSPS) is 15.3. The number of rotatable bonds is 8. The van der Waals surface area contributed by atoms with Crippen LogP contribution in [-0.2, 0) is 6.42 Å². The number of aryl methyl sites for hydroxylation is 1. The molecule has 20 heavy (non-hydrogen) atoms. The van der Waals surface area contributed by atoms with Gasteiger partial charge in [-0.3, -0.25) is 0 Å². The van der Waals surface area contributed by atoms with Gasteiger partial charge >= 0.3 is 0 Å². The van der Waals surface area contributed by atoms with Crippen molar-refractivity contribution in [1.82, 2.24) is 10.3 Å². The van der Waals surface area contributed by atoms with Crippen LogP contribution in [0.25, 0.3) is 0 Å². The largest absolute Gasteiger partial charge is 0.312 e. The van der Waals surface area contributed by atoms with Gasteiger partial charge in [0.2, 0.25) is 0 Å². The van der Waals surface area contributed by atoms with Crippen molar-refractivity contribution in [2.45, 2.75) is 79.2 Å². The fourth-order valence-electron chi connectivity index (χ4n) is 2.53. The molecular weight excluding hydrogens is 264 g/mol. The van der Waals surface area contributed by atoms with E-state index in [0.29, 0.717) is 5.41 Å². The first-order valence-corrected chi connectivity index (χ1v) is 8.78. The molecule has 0 radical (unpaired) electrons. The summed E-state index contributed by atoms with van der Waals surface area (Å²) in [6, 6.07) is 0. The van der Waals surface area contributed by atoms with Gasteiger partial charge in [0.1, 0.15) is 0 Å². The molecule has 1 rings (SSSR count). The molecule has 0 saturated heterocycles. The summed E-state index contributed by atoms with van der Waals surface area (Å²) >= 11 is 1.86. The fraction of sp³-hybridized carbons (Fsp3) is 0.824. The van der Waals surface area contributed by atoms with Gasteiger partial charge in [-0.15, -0.1) is 11.3 Å². The number of aromatic nitrogens is 1. The molecule has 1 N–H and O–H groups in total. The number of nitrogens with zero attached hydrogens (tertiary/aromatic N) is 1. The number of unbranched alkanes of at least 4 members (excludes halogenated alkanes) is 1. The summed E-state index contributed by atoms with van der Waals surface area (Å²) in [5, 5.41) is 4.92. The summed E-state index contributed by atoms with van der Waals surface area (Å²) in [4.78, 5) is 5.86. The van der Waals surface area contributed by atoms with Crippen LogP contribution in [0.3, 0.4) is 0 Å². The lowest BCUT2D eigenvalue weighted by Crippen LogP contribution is -2.44. The SMILES string of the molecule is CCCCC(CC)(CNC(C)(C)C)Cc1cnc(C)s1. The molecule has 1 aromatic heterocycles. The van der Waals surface area contributed by atoms with Crippen molar-refractivity contribution in [3.05, 3.63) is 16.1 Å². The van der Waals surface area contributed by atoms with Gasteiger partial charge in [-0.2, -0.15) is 0 Å². The Hall–Kier alpha value is -0.410. The first kappa shape index (κ1) is 17.6. The van der Waals surface area contributed by atoms with Crippen LogP contribution in [0.4, 0.5) is 0 Å². The van der Waals surface area contributed by atoms with Crippen molar-refractivity contribution in [2.75, 3.05) is 6.54 Å². The molecular formula is C17H32N2S. The Balaban J connectivity index is 2.80. The standard InChI is InChI=1S/C17H32N2S/c1-7-9-10-17(8-2,13-19-16(4,5)6)11-15-12-18-14(3)20-15/h12,19H,7-11,13H2,1-6H3. The summed E-state index contributed by atoms with van der Waals surface area (Å²) in [7, 11) is 0. The molecule has 1 heterocycles. The van der Waals surface area contributed by atoms with E-state index in [1.807, 2.05) is 11.3 Å². The zero-order chi connectivity index (χ0) is 15.2. The summed E-state index contributed by atoms with van der Waals surface area (Å²) in [5.41, 5.74) is 0.568. The lowest BCUT2D eigenvalue weighted by molar-refractivity contribution is 0.207. The highest BCUT2D eigenvalue weighted by atomic mass is 32.1. The number of hydrogen-bond acceptors (Lipinski definition) is 3. The predicted octanol–water partition coefficient (Wildman–Crippen LogP) is 4.97. The average molecular weight is 297 g/mol. The van der Waals surface area contributed by atoms with Gasteiger partial charge in [0, 0.05) is 23.2 Å². The third-order valence-electron chi connectivity index (χ3n) is 4.02. The minimum Gasteiger partial charge on any atom is -0.312 e. The van der Waals surface area contributed by atoms with Gasteiger partial charge in [0.25, 0.3) is 0 Å². The molecule has 0 aliphatic heterocycles. The summed E-state index contributed by atoms with van der Waals surface area (Å²) < 4.78 is 0. The topological polar surface area (TPSA) is 24.9 Å². The first-order valence-electron chi connectivity index (χ1n) is 7.96. The van der Waals surface area contributed by atoms with Gasteiger partial charge in [0.05, 0.1) is 5.01 Å². The van der Waals surface area contributed by atoms with Gasteiger partial charge in [-0.25, -0.2) is 4.98 Å². The summed E-state index contributed by atoms with van der Waals surface area (Å²) in [5.74, 6) is 0. The first-order chi connectivity index (χ1) is 9.30. The van der Waals surface area contributed by atoms with Gasteiger partial charge in [-0.1, -0.05) is 26.7 Å². The maximum absolute atomic E-state index is 4.42. The molecule has 116 valence electrons. The quantitative estimate of drug-likeness (QED) is 0.732. The van der Waals surface area contributed by atoms with E-state index in [1.165, 1.54) is 35.6 Å². The Morgan fingerprint density at radius 2 is 1.95 bits per heavy atom. The van der Waals surface area contributed by atoms with E-state index >= 15 is 0 Å². The maximum atomic E-state index is 4.42. The average Bonchev–Trinajstić information content (AvgIpc) is 2.77. The third kappa shape index (κ3) is 5.92. The van der Waals surface area contributed by atoms with Crippen molar-refractivity contribution in [3.8, 4) is 0 Å². The van der Waals surface area contributed by atoms with Crippen LogP contribution in [0.1, 0.15) is 70.2 Å². The minimum absolute atomic E-state index is 0.191. The van der Waals surface area contributed by atoms with E-state index < -0.39 is 0 Å². The highest BCUT2D eigenvalue weighted by molar-refractivity contribution is 7.11. The highest BCUT2D eigenvalue weighted by Crippen LogP contribution is 2.34. The molecule has 0 aliphatic rings. The van der Waals surface area contributed by atoms with Crippen molar-refractivity contribution < 1.29 is 0 Å². The smallest absolute Gasteiger partial charge is 0.0896 e. The molecule has 0 spiro atoms. The van der Waals surface area contributed by atoms with Gasteiger partial charge < -0.3 is 5.32 Å². The zero-order valence-electron chi connectivity index (χ0n) is 14.2. The molecule has 0 bridgehead atoms. The summed E-state index contributed by atoms with van der Waals surface area (Å²) in [6.45, 7) is 14.6. The second-order valence-electron chi connectivity index (χ2n) is 7.08. The van der Waals surface area contributed by atoms with E-state index in [4.69, 9.17) is 0 Å². The molecule has 0 aliphatic carbocycles. The third-order valence-corrected chi connectivity index (χ3v) is 4.94. The van der Waals surface area contributed by atoms with E-state index in [1.54, 1.807) is 0 Å². The van der Waals surface area contributed by atoms with Crippen molar-refractivity contribution >= 4 is 11.3 Å². The van der Waals surface area contributed by atoms with Crippen LogP contribution in [0.15, 0.2) is 6.20 Å². The Morgan fingerprint density at radius 1 is 1.25 bits per heavy atom. The number of nitrogens with one attached hydrogen (secondary N) is 1. The lowest BCUT2D eigenvalue weighted by Gasteiger charge is -2.36. The van der Waals surface area contributed by atoms with E-state index in [-0.39, 0.29) is 5.54 Å². The Kier molecular flexibility index (Phi) is 6.67. The van der Waals surface area contributed by atoms with Crippen LogP contribution >= 0.6 is 11.3 Å². The predicted molar refractivity (Wildman–Crippen MR) is 90.6 cm³/mol. The monoisotopic (exact) mass is 296 g/mol. The fourth-order valence-corrected chi connectivity index (χ4v) is 3.50. The molecule has 3 heteroatoms. The molecule has 0 fully saturated rings. The Morgan fingerprint density at radius 3 is 2.40 bits per heavy atom. The van der Waals surface area contributed by atoms with Crippen LogP contribution in [0, 0.1) is 12.3 Å². The van der Waals surface area contributed by atoms with Crippen LogP contribution in [0.2, 0.25) is 0 Å². The lowest BCUT2D eigenvalue weighted by atomic mass is 9.76. The van der Waals surface area contributed by atoms with E-state index in [0.717, 1.165) is 13.0 Å². The molecule has 1 aromatic rings. The minimum atomic E-state index is 0.191. The Labute approximate surface area is 129 Å². The number of thiazole rings is 1. The summed E-state index contributed by atoms with van der Waals surface area (Å²) in [6.07, 6.45) is 8.37. The van der Waals surface area contributed by atoms with Crippen molar-refractivity contribution in [2.24, 2.45) is 5.41 Å². The highest BCUT2D eigenvalue weighted by Gasteiger charge is 2.30. The molecule has 1 unspecified atom stereocenters. The van der Waals surface area contributed by atoms with Crippen LogP contribution < -0.4 is 5.32 Å². The zero-order valence-corrected chi connectivity index (χ0v) is 15.0. The van der Waals surface area contributed by atoms with E-state index in [9.17, 15) is 0 Å². The molecule has 0 amide bonds. The van der Waals surface area contributed by atoms with Crippen LogP contribution in [-0.4, -0.2) is 17.1 Å². The Bertz CT molecular complexity index is 392. The molecule has 0 saturated carbocycles. The second kappa shape index (κ2) is 7.56. The van der Waals surface area contributed by atoms with E-state index in [2.05, 4.69) is 58.0 Å². The van der Waals surface area contributed by atoms with Crippen molar-refractivity contribution in [3.63, 3.8) is 0 Å². The number of hydrogen-bond donors (Lipinski definition) is 1. The molecule has 0 aromatic carbocycles. The van der Waals surface area contributed by atoms with Crippen molar-refractivity contribution in [1.29, 1.82) is 0 Å². The van der Waals surface area contributed by atoms with Crippen LogP contribution in [0.5, 0.6) is 0 Å². The van der Waals surface area contributed by atoms with Gasteiger partial charge in [-0.05, 0) is 52.4 Å².